The van der Waals surface area contributed by atoms with Crippen LogP contribution in [0.15, 0.2) is 16.6 Å². The molecule has 0 unspecified atom stereocenters. The number of carbonyl (C=O) groups excluding carboxylic acids is 2. The summed E-state index contributed by atoms with van der Waals surface area (Å²) in [6.45, 7) is 0.220. The Bertz CT molecular complexity index is 510. The SMILES string of the molecule is O=C1CN2C(=O)CCCc3cc(Br)cc1c32. The van der Waals surface area contributed by atoms with Crippen LogP contribution in [-0.4, -0.2) is 18.2 Å². The van der Waals surface area contributed by atoms with Gasteiger partial charge in [-0.05, 0) is 30.5 Å². The van der Waals surface area contributed by atoms with Gasteiger partial charge in [-0.2, -0.15) is 0 Å². The summed E-state index contributed by atoms with van der Waals surface area (Å²) in [5.74, 6) is 0.126. The van der Waals surface area contributed by atoms with Gasteiger partial charge in [0.05, 0.1) is 12.2 Å². The molecule has 4 heteroatoms. The van der Waals surface area contributed by atoms with Crippen LogP contribution in [0, 0.1) is 0 Å². The zero-order valence-electron chi connectivity index (χ0n) is 8.62. The summed E-state index contributed by atoms with van der Waals surface area (Å²) in [5, 5.41) is 0. The van der Waals surface area contributed by atoms with Crippen LogP contribution < -0.4 is 4.90 Å². The molecule has 16 heavy (non-hydrogen) atoms. The van der Waals surface area contributed by atoms with Gasteiger partial charge in [-0.25, -0.2) is 0 Å². The van der Waals surface area contributed by atoms with Gasteiger partial charge >= 0.3 is 0 Å². The van der Waals surface area contributed by atoms with Gasteiger partial charge in [0.1, 0.15) is 0 Å². The fourth-order valence-electron chi connectivity index (χ4n) is 2.46. The van der Waals surface area contributed by atoms with Gasteiger partial charge in [-0.1, -0.05) is 15.9 Å². The number of halogens is 1. The lowest BCUT2D eigenvalue weighted by atomic mass is 10.0. The second-order valence-corrected chi connectivity index (χ2v) is 5.13. The summed E-state index contributed by atoms with van der Waals surface area (Å²) in [5.41, 5.74) is 2.66. The van der Waals surface area contributed by atoms with Gasteiger partial charge in [-0.15, -0.1) is 0 Å². The fourth-order valence-corrected chi connectivity index (χ4v) is 2.97. The van der Waals surface area contributed by atoms with E-state index in [1.54, 1.807) is 4.90 Å². The summed E-state index contributed by atoms with van der Waals surface area (Å²) in [6, 6.07) is 3.84. The highest BCUT2D eigenvalue weighted by Gasteiger charge is 2.34. The molecule has 0 aliphatic carbocycles. The molecule has 0 radical (unpaired) electrons. The van der Waals surface area contributed by atoms with Crippen molar-refractivity contribution < 1.29 is 9.59 Å². The summed E-state index contributed by atoms with van der Waals surface area (Å²) in [4.78, 5) is 25.3. The summed E-state index contributed by atoms with van der Waals surface area (Å²) in [7, 11) is 0. The van der Waals surface area contributed by atoms with Crippen molar-refractivity contribution >= 4 is 33.3 Å². The van der Waals surface area contributed by atoms with Gasteiger partial charge in [0.15, 0.2) is 5.78 Å². The van der Waals surface area contributed by atoms with Crippen molar-refractivity contribution in [1.82, 2.24) is 0 Å². The average Bonchev–Trinajstić information content (AvgIpc) is 2.47. The van der Waals surface area contributed by atoms with E-state index >= 15 is 0 Å². The summed E-state index contributed by atoms with van der Waals surface area (Å²) >= 11 is 3.41. The normalized spacial score (nSPS) is 18.7. The van der Waals surface area contributed by atoms with E-state index in [0.717, 1.165) is 28.6 Å². The molecule has 0 fully saturated rings. The van der Waals surface area contributed by atoms with Crippen LogP contribution in [0.3, 0.4) is 0 Å². The molecule has 0 aromatic heterocycles. The molecule has 2 aliphatic rings. The first-order valence-electron chi connectivity index (χ1n) is 5.33. The first kappa shape index (κ1) is 10.0. The van der Waals surface area contributed by atoms with Crippen LogP contribution in [0.25, 0.3) is 0 Å². The summed E-state index contributed by atoms with van der Waals surface area (Å²) < 4.78 is 0.922. The van der Waals surface area contributed by atoms with E-state index in [1.165, 1.54) is 0 Å². The smallest absolute Gasteiger partial charge is 0.227 e. The Morgan fingerprint density at radius 2 is 2.00 bits per heavy atom. The van der Waals surface area contributed by atoms with E-state index in [2.05, 4.69) is 15.9 Å². The number of hydrogen-bond acceptors (Lipinski definition) is 2. The van der Waals surface area contributed by atoms with Crippen molar-refractivity contribution in [1.29, 1.82) is 0 Å². The third kappa shape index (κ3) is 1.33. The van der Waals surface area contributed by atoms with Crippen LogP contribution in [0.2, 0.25) is 0 Å². The van der Waals surface area contributed by atoms with E-state index in [0.29, 0.717) is 12.0 Å². The second kappa shape index (κ2) is 3.42. The van der Waals surface area contributed by atoms with Gasteiger partial charge in [-0.3, -0.25) is 9.59 Å². The maximum absolute atomic E-state index is 11.8. The second-order valence-electron chi connectivity index (χ2n) is 4.22. The Morgan fingerprint density at radius 1 is 1.19 bits per heavy atom. The number of nitrogens with zero attached hydrogens (tertiary/aromatic N) is 1. The number of ketones is 1. The van der Waals surface area contributed by atoms with Crippen molar-refractivity contribution in [2.75, 3.05) is 11.4 Å². The van der Waals surface area contributed by atoms with Crippen LogP contribution in [0.4, 0.5) is 5.69 Å². The number of anilines is 1. The van der Waals surface area contributed by atoms with Crippen LogP contribution in [0.1, 0.15) is 28.8 Å². The molecule has 1 amide bonds. The van der Waals surface area contributed by atoms with E-state index in [4.69, 9.17) is 0 Å². The van der Waals surface area contributed by atoms with Gasteiger partial charge in [0.25, 0.3) is 0 Å². The molecule has 0 spiro atoms. The van der Waals surface area contributed by atoms with Gasteiger partial charge in [0, 0.05) is 16.5 Å². The predicted molar refractivity (Wildman–Crippen MR) is 63.8 cm³/mol. The molecule has 82 valence electrons. The van der Waals surface area contributed by atoms with Crippen molar-refractivity contribution in [2.24, 2.45) is 0 Å². The molecular weight excluding hydrogens is 270 g/mol. The van der Waals surface area contributed by atoms with Gasteiger partial charge < -0.3 is 4.90 Å². The number of aryl methyl sites for hydroxylation is 1. The molecule has 3 nitrogen and oxygen atoms in total. The van der Waals surface area contributed by atoms with E-state index < -0.39 is 0 Å². The molecule has 0 atom stereocenters. The lowest BCUT2D eigenvalue weighted by Crippen LogP contribution is -2.29. The molecule has 1 aromatic carbocycles. The fraction of sp³-hybridized carbons (Fsp3) is 0.333. The van der Waals surface area contributed by atoms with Crippen molar-refractivity contribution in [2.45, 2.75) is 19.3 Å². The molecule has 0 bridgehead atoms. The Kier molecular flexibility index (Phi) is 2.14. The van der Waals surface area contributed by atoms with Crippen LogP contribution in [-0.2, 0) is 11.2 Å². The van der Waals surface area contributed by atoms with E-state index in [9.17, 15) is 9.59 Å². The Balaban J connectivity index is 2.27. The number of rotatable bonds is 0. The lowest BCUT2D eigenvalue weighted by molar-refractivity contribution is -0.118. The van der Waals surface area contributed by atoms with E-state index in [-0.39, 0.29) is 18.2 Å². The Hall–Kier alpha value is -1.16. The number of Topliss-reactive ketones (excluding diaryl/α,β-unsaturated/α-hetero) is 1. The van der Waals surface area contributed by atoms with E-state index in [1.807, 2.05) is 12.1 Å². The van der Waals surface area contributed by atoms with Crippen LogP contribution in [0.5, 0.6) is 0 Å². The maximum Gasteiger partial charge on any atom is 0.227 e. The number of carbonyl (C=O) groups is 2. The molecule has 0 saturated heterocycles. The predicted octanol–water partition coefficient (Wildman–Crippen LogP) is 2.31. The molecule has 0 saturated carbocycles. The van der Waals surface area contributed by atoms with Gasteiger partial charge in [0.2, 0.25) is 5.91 Å². The Labute approximate surface area is 102 Å². The molecule has 3 rings (SSSR count). The number of benzene rings is 1. The molecular formula is C12H10BrNO2. The zero-order valence-corrected chi connectivity index (χ0v) is 10.2. The highest BCUT2D eigenvalue weighted by Crippen LogP contribution is 2.37. The molecule has 1 aromatic rings. The standard InChI is InChI=1S/C12H10BrNO2/c13-8-4-7-2-1-3-11(16)14-6-10(15)9(5-8)12(7)14/h4-5H,1-3,6H2. The quantitative estimate of drug-likeness (QED) is 0.731. The molecule has 0 N–H and O–H groups in total. The number of amides is 1. The number of hydrogen-bond donors (Lipinski definition) is 0. The average molecular weight is 280 g/mol. The van der Waals surface area contributed by atoms with Crippen molar-refractivity contribution in [3.8, 4) is 0 Å². The molecule has 2 aliphatic heterocycles. The zero-order chi connectivity index (χ0) is 11.3. The monoisotopic (exact) mass is 279 g/mol. The first-order chi connectivity index (χ1) is 7.66. The minimum Gasteiger partial charge on any atom is -0.304 e. The van der Waals surface area contributed by atoms with Crippen molar-refractivity contribution in [3.05, 3.63) is 27.7 Å². The highest BCUT2D eigenvalue weighted by molar-refractivity contribution is 9.10. The summed E-state index contributed by atoms with van der Waals surface area (Å²) in [6.07, 6.45) is 2.28. The highest BCUT2D eigenvalue weighted by atomic mass is 79.9. The third-order valence-corrected chi connectivity index (χ3v) is 3.62. The molecule has 2 heterocycles. The minimum atomic E-state index is 0.0489. The Morgan fingerprint density at radius 3 is 2.81 bits per heavy atom. The van der Waals surface area contributed by atoms with Crippen molar-refractivity contribution in [3.63, 3.8) is 0 Å². The largest absolute Gasteiger partial charge is 0.304 e. The minimum absolute atomic E-state index is 0.0489. The topological polar surface area (TPSA) is 37.4 Å². The third-order valence-electron chi connectivity index (χ3n) is 3.16. The van der Waals surface area contributed by atoms with Crippen LogP contribution >= 0.6 is 15.9 Å². The lowest BCUT2D eigenvalue weighted by Gasteiger charge is -2.15. The maximum atomic E-state index is 11.8. The first-order valence-corrected chi connectivity index (χ1v) is 6.12.